The highest BCUT2D eigenvalue weighted by atomic mass is 17.0. The SMILES string of the molecule is CON1OC2(CC(=N)c3ccccc32)CC1C#Cc1cccc(C)n1. The van der Waals surface area contributed by atoms with Crippen molar-refractivity contribution in [3.8, 4) is 11.8 Å². The van der Waals surface area contributed by atoms with E-state index in [0.29, 0.717) is 18.6 Å². The quantitative estimate of drug-likeness (QED) is 0.815. The second kappa shape index (κ2) is 6.08. The van der Waals surface area contributed by atoms with Crippen LogP contribution < -0.4 is 0 Å². The first-order valence-electron chi connectivity index (χ1n) is 8.26. The zero-order chi connectivity index (χ0) is 17.4. The first-order valence-corrected chi connectivity index (χ1v) is 8.26. The molecule has 1 saturated heterocycles. The number of pyridine rings is 1. The molecule has 2 aliphatic rings. The average Bonchev–Trinajstić information content (AvgIpc) is 3.11. The van der Waals surface area contributed by atoms with Crippen molar-refractivity contribution in [3.05, 3.63) is 65.0 Å². The Hall–Kier alpha value is -2.52. The predicted octanol–water partition coefficient (Wildman–Crippen LogP) is 2.98. The van der Waals surface area contributed by atoms with Gasteiger partial charge in [0.15, 0.2) is 0 Å². The van der Waals surface area contributed by atoms with Gasteiger partial charge in [0.25, 0.3) is 0 Å². The summed E-state index contributed by atoms with van der Waals surface area (Å²) in [5.41, 5.74) is 3.70. The number of hydroxylamine groups is 2. The van der Waals surface area contributed by atoms with Gasteiger partial charge in [0.05, 0.1) is 7.11 Å². The first kappa shape index (κ1) is 16.0. The summed E-state index contributed by atoms with van der Waals surface area (Å²) in [6, 6.07) is 13.5. The van der Waals surface area contributed by atoms with Crippen LogP contribution in [0.5, 0.6) is 0 Å². The molecule has 0 amide bonds. The molecule has 4 rings (SSSR count). The minimum absolute atomic E-state index is 0.216. The van der Waals surface area contributed by atoms with Crippen molar-refractivity contribution in [1.82, 2.24) is 10.2 Å². The Morgan fingerprint density at radius 2 is 2.12 bits per heavy atom. The number of hydrogen-bond donors (Lipinski definition) is 1. The van der Waals surface area contributed by atoms with Crippen molar-refractivity contribution in [2.45, 2.75) is 31.4 Å². The highest BCUT2D eigenvalue weighted by Crippen LogP contribution is 2.48. The maximum Gasteiger partial charge on any atom is 0.127 e. The summed E-state index contributed by atoms with van der Waals surface area (Å²) in [5, 5.41) is 9.74. The molecule has 1 spiro atoms. The Kier molecular flexibility index (Phi) is 3.89. The predicted molar refractivity (Wildman–Crippen MR) is 93.8 cm³/mol. The molecule has 25 heavy (non-hydrogen) atoms. The molecule has 2 unspecified atom stereocenters. The molecule has 1 aromatic heterocycles. The van der Waals surface area contributed by atoms with Crippen molar-refractivity contribution >= 4 is 5.71 Å². The lowest BCUT2D eigenvalue weighted by molar-refractivity contribution is -0.371. The van der Waals surface area contributed by atoms with E-state index >= 15 is 0 Å². The third-order valence-corrected chi connectivity index (χ3v) is 4.68. The second-order valence-corrected chi connectivity index (χ2v) is 6.41. The summed E-state index contributed by atoms with van der Waals surface area (Å²) in [5.74, 6) is 6.33. The highest BCUT2D eigenvalue weighted by molar-refractivity contribution is 6.03. The molecule has 5 heteroatoms. The van der Waals surface area contributed by atoms with E-state index in [1.165, 1.54) is 5.23 Å². The van der Waals surface area contributed by atoms with Crippen molar-refractivity contribution in [2.24, 2.45) is 0 Å². The summed E-state index contributed by atoms with van der Waals surface area (Å²) in [4.78, 5) is 15.9. The minimum Gasteiger partial charge on any atom is -0.305 e. The minimum atomic E-state index is -0.566. The van der Waals surface area contributed by atoms with Crippen LogP contribution in [0.15, 0.2) is 42.5 Å². The third-order valence-electron chi connectivity index (χ3n) is 4.68. The lowest BCUT2D eigenvalue weighted by Gasteiger charge is -2.23. The number of rotatable bonds is 1. The third kappa shape index (κ3) is 2.75. The molecule has 0 bridgehead atoms. The number of hydrogen-bond acceptors (Lipinski definition) is 5. The van der Waals surface area contributed by atoms with Gasteiger partial charge in [0, 0.05) is 29.8 Å². The molecule has 2 atom stereocenters. The van der Waals surface area contributed by atoms with Gasteiger partial charge >= 0.3 is 0 Å². The highest BCUT2D eigenvalue weighted by Gasteiger charge is 2.52. The fraction of sp³-hybridized carbons (Fsp3) is 0.300. The lowest BCUT2D eigenvalue weighted by Crippen LogP contribution is -2.27. The van der Waals surface area contributed by atoms with Crippen LogP contribution in [-0.2, 0) is 15.3 Å². The van der Waals surface area contributed by atoms with Crippen LogP contribution in [0.2, 0.25) is 0 Å². The van der Waals surface area contributed by atoms with Gasteiger partial charge in [-0.15, -0.1) is 0 Å². The van der Waals surface area contributed by atoms with Crippen LogP contribution in [0.1, 0.15) is 35.4 Å². The molecule has 1 aliphatic carbocycles. The molecule has 2 heterocycles. The summed E-state index contributed by atoms with van der Waals surface area (Å²) in [7, 11) is 1.57. The molecular weight excluding hydrogens is 314 g/mol. The summed E-state index contributed by atoms with van der Waals surface area (Å²) >= 11 is 0. The van der Waals surface area contributed by atoms with Crippen molar-refractivity contribution in [1.29, 1.82) is 5.41 Å². The topological polar surface area (TPSA) is 58.4 Å². The normalized spacial score (nSPS) is 25.0. The smallest absolute Gasteiger partial charge is 0.127 e. The standard InChI is InChI=1S/C20H19N3O2/c1-14-6-5-7-15(22-14)10-11-16-12-20(25-23(16)24-2)13-19(21)17-8-3-4-9-18(17)20/h3-9,16,21H,12-13H2,1-2H3. The van der Waals surface area contributed by atoms with E-state index in [1.54, 1.807) is 7.11 Å². The molecule has 1 aromatic carbocycles. The number of aryl methyl sites for hydroxylation is 1. The Bertz CT molecular complexity index is 899. The molecule has 1 N–H and O–H groups in total. The van der Waals surface area contributed by atoms with Crippen LogP contribution in [-0.4, -0.2) is 29.1 Å². The van der Waals surface area contributed by atoms with Crippen LogP contribution in [0.4, 0.5) is 0 Å². The lowest BCUT2D eigenvalue weighted by atomic mass is 9.90. The second-order valence-electron chi connectivity index (χ2n) is 6.41. The van der Waals surface area contributed by atoms with Gasteiger partial charge in [0.2, 0.25) is 0 Å². The Balaban J connectivity index is 1.65. The largest absolute Gasteiger partial charge is 0.305 e. The number of benzene rings is 1. The fourth-order valence-corrected chi connectivity index (χ4v) is 3.58. The van der Waals surface area contributed by atoms with E-state index in [9.17, 15) is 0 Å². The van der Waals surface area contributed by atoms with Crippen LogP contribution in [0.25, 0.3) is 0 Å². The van der Waals surface area contributed by atoms with Gasteiger partial charge in [-0.1, -0.05) is 41.5 Å². The number of nitrogens with zero attached hydrogens (tertiary/aromatic N) is 2. The maximum atomic E-state index is 8.28. The monoisotopic (exact) mass is 333 g/mol. The number of nitrogens with one attached hydrogen (secondary N) is 1. The van der Waals surface area contributed by atoms with Gasteiger partial charge in [-0.3, -0.25) is 9.68 Å². The van der Waals surface area contributed by atoms with Crippen LogP contribution in [0, 0.1) is 24.2 Å². The van der Waals surface area contributed by atoms with E-state index in [-0.39, 0.29) is 6.04 Å². The Morgan fingerprint density at radius 1 is 1.28 bits per heavy atom. The molecule has 2 aromatic rings. The number of fused-ring (bicyclic) bond motifs is 2. The van der Waals surface area contributed by atoms with E-state index in [1.807, 2.05) is 49.4 Å². The molecule has 5 nitrogen and oxygen atoms in total. The van der Waals surface area contributed by atoms with Crippen LogP contribution >= 0.6 is 0 Å². The molecule has 1 aliphatic heterocycles. The maximum absolute atomic E-state index is 8.28. The fourth-order valence-electron chi connectivity index (χ4n) is 3.58. The van der Waals surface area contributed by atoms with Crippen molar-refractivity contribution < 1.29 is 9.68 Å². The van der Waals surface area contributed by atoms with Gasteiger partial charge < -0.3 is 5.41 Å². The van der Waals surface area contributed by atoms with Gasteiger partial charge in [0.1, 0.15) is 17.3 Å². The van der Waals surface area contributed by atoms with Crippen molar-refractivity contribution in [3.63, 3.8) is 0 Å². The van der Waals surface area contributed by atoms with E-state index in [4.69, 9.17) is 15.1 Å². The van der Waals surface area contributed by atoms with Gasteiger partial charge in [-0.25, -0.2) is 4.98 Å². The Morgan fingerprint density at radius 3 is 2.92 bits per heavy atom. The molecule has 0 saturated carbocycles. The zero-order valence-electron chi connectivity index (χ0n) is 14.2. The van der Waals surface area contributed by atoms with Crippen LogP contribution in [0.3, 0.4) is 0 Å². The van der Waals surface area contributed by atoms with Gasteiger partial charge in [-0.05, 0) is 30.5 Å². The van der Waals surface area contributed by atoms with E-state index < -0.39 is 5.60 Å². The molecule has 1 fully saturated rings. The summed E-state index contributed by atoms with van der Waals surface area (Å²) < 4.78 is 0. The summed E-state index contributed by atoms with van der Waals surface area (Å²) in [6.07, 6.45) is 1.19. The average molecular weight is 333 g/mol. The van der Waals surface area contributed by atoms with Crippen molar-refractivity contribution in [2.75, 3.05) is 7.11 Å². The zero-order valence-corrected chi connectivity index (χ0v) is 14.2. The summed E-state index contributed by atoms with van der Waals surface area (Å²) in [6.45, 7) is 1.95. The molecular formula is C20H19N3O2. The Labute approximate surface area is 147 Å². The number of aromatic nitrogens is 1. The molecule has 0 radical (unpaired) electrons. The first-order chi connectivity index (χ1) is 12.1. The van der Waals surface area contributed by atoms with Gasteiger partial charge in [-0.2, -0.15) is 0 Å². The van der Waals surface area contributed by atoms with E-state index in [2.05, 4.69) is 16.8 Å². The molecule has 126 valence electrons. The van der Waals surface area contributed by atoms with E-state index in [0.717, 1.165) is 22.5 Å².